The molecular weight excluding hydrogens is 268 g/mol. The Morgan fingerprint density at radius 2 is 1.95 bits per heavy atom. The molecule has 0 aliphatic rings. The van der Waals surface area contributed by atoms with E-state index in [9.17, 15) is 4.79 Å². The van der Waals surface area contributed by atoms with Crippen molar-refractivity contribution >= 4 is 28.3 Å². The molecule has 0 radical (unpaired) electrons. The monoisotopic (exact) mass is 286 g/mol. The van der Waals surface area contributed by atoms with Crippen LogP contribution in [0.25, 0.3) is 10.8 Å². The van der Waals surface area contributed by atoms with E-state index in [-0.39, 0.29) is 11.9 Å². The molecule has 0 saturated heterocycles. The summed E-state index contributed by atoms with van der Waals surface area (Å²) in [5.74, 6) is -0.0226. The quantitative estimate of drug-likeness (QED) is 0.350. The molecule has 6 heteroatoms. The standard InChI is InChI=1S/C15H18N4O2/c1-10(14(16)18-21)19(2)15(20)17-13-9-5-7-11-6-3-4-8-12(11)13/h3-10,21H,1-2H3,(H2,16,18)(H,17,20). The van der Waals surface area contributed by atoms with Crippen molar-refractivity contribution < 1.29 is 10.0 Å². The maximum Gasteiger partial charge on any atom is 0.322 e. The molecule has 0 bridgehead atoms. The highest BCUT2D eigenvalue weighted by molar-refractivity contribution is 6.02. The molecule has 2 amide bonds. The minimum atomic E-state index is -0.509. The van der Waals surface area contributed by atoms with Gasteiger partial charge in [0.05, 0.1) is 11.7 Å². The van der Waals surface area contributed by atoms with Crippen LogP contribution in [0, 0.1) is 0 Å². The van der Waals surface area contributed by atoms with Gasteiger partial charge in [0, 0.05) is 12.4 Å². The maximum absolute atomic E-state index is 12.2. The number of nitrogens with one attached hydrogen (secondary N) is 1. The highest BCUT2D eigenvalue weighted by Gasteiger charge is 2.19. The lowest BCUT2D eigenvalue weighted by molar-refractivity contribution is 0.217. The second-order valence-corrected chi connectivity index (χ2v) is 4.77. The lowest BCUT2D eigenvalue weighted by Gasteiger charge is -2.24. The molecule has 110 valence electrons. The highest BCUT2D eigenvalue weighted by Crippen LogP contribution is 2.23. The summed E-state index contributed by atoms with van der Waals surface area (Å²) in [6.07, 6.45) is 0. The fourth-order valence-corrected chi connectivity index (χ4v) is 2.00. The van der Waals surface area contributed by atoms with Gasteiger partial charge in [-0.05, 0) is 18.4 Å². The number of rotatable bonds is 3. The number of amides is 2. The van der Waals surface area contributed by atoms with Crippen LogP contribution in [0.15, 0.2) is 47.6 Å². The van der Waals surface area contributed by atoms with E-state index in [4.69, 9.17) is 10.9 Å². The van der Waals surface area contributed by atoms with E-state index >= 15 is 0 Å². The van der Waals surface area contributed by atoms with E-state index in [0.29, 0.717) is 0 Å². The van der Waals surface area contributed by atoms with Gasteiger partial charge in [-0.15, -0.1) is 0 Å². The number of fused-ring (bicyclic) bond motifs is 1. The summed E-state index contributed by atoms with van der Waals surface area (Å²) in [7, 11) is 1.59. The SMILES string of the molecule is CC(C(N)=NO)N(C)C(=O)Nc1cccc2ccccc12. The number of anilines is 1. The summed E-state index contributed by atoms with van der Waals surface area (Å²) < 4.78 is 0. The summed E-state index contributed by atoms with van der Waals surface area (Å²) in [4.78, 5) is 13.6. The van der Waals surface area contributed by atoms with Crippen LogP contribution in [0.4, 0.5) is 10.5 Å². The largest absolute Gasteiger partial charge is 0.409 e. The number of urea groups is 1. The van der Waals surface area contributed by atoms with Crippen molar-refractivity contribution in [3.8, 4) is 0 Å². The number of carbonyl (C=O) groups is 1. The molecule has 0 fully saturated rings. The Morgan fingerprint density at radius 3 is 2.67 bits per heavy atom. The van der Waals surface area contributed by atoms with Crippen molar-refractivity contribution in [2.24, 2.45) is 10.9 Å². The smallest absolute Gasteiger partial charge is 0.322 e. The number of oxime groups is 1. The highest BCUT2D eigenvalue weighted by atomic mass is 16.4. The van der Waals surface area contributed by atoms with Gasteiger partial charge in [-0.1, -0.05) is 41.6 Å². The number of benzene rings is 2. The van der Waals surface area contributed by atoms with E-state index in [1.54, 1.807) is 14.0 Å². The van der Waals surface area contributed by atoms with Gasteiger partial charge in [0.2, 0.25) is 0 Å². The Balaban J connectivity index is 2.22. The molecule has 0 spiro atoms. The van der Waals surface area contributed by atoms with E-state index in [0.717, 1.165) is 16.5 Å². The molecule has 2 aromatic carbocycles. The predicted octanol–water partition coefficient (Wildman–Crippen LogP) is 2.44. The number of amidine groups is 1. The topological polar surface area (TPSA) is 91.0 Å². The normalized spacial score (nSPS) is 13.0. The van der Waals surface area contributed by atoms with Gasteiger partial charge in [-0.3, -0.25) is 0 Å². The maximum atomic E-state index is 12.2. The first-order valence-corrected chi connectivity index (χ1v) is 6.53. The van der Waals surface area contributed by atoms with Crippen LogP contribution < -0.4 is 11.1 Å². The minimum Gasteiger partial charge on any atom is -0.409 e. The van der Waals surface area contributed by atoms with Crippen molar-refractivity contribution in [2.75, 3.05) is 12.4 Å². The van der Waals surface area contributed by atoms with Gasteiger partial charge in [0.25, 0.3) is 0 Å². The Bertz CT molecular complexity index is 679. The summed E-state index contributed by atoms with van der Waals surface area (Å²) >= 11 is 0. The van der Waals surface area contributed by atoms with Crippen LogP contribution in [0.3, 0.4) is 0 Å². The van der Waals surface area contributed by atoms with Gasteiger partial charge in [0.15, 0.2) is 5.84 Å². The summed E-state index contributed by atoms with van der Waals surface area (Å²) in [5.41, 5.74) is 6.24. The molecule has 0 heterocycles. The van der Waals surface area contributed by atoms with Gasteiger partial charge >= 0.3 is 6.03 Å². The first-order chi connectivity index (χ1) is 10.0. The van der Waals surface area contributed by atoms with Crippen LogP contribution >= 0.6 is 0 Å². The third-order valence-corrected chi connectivity index (χ3v) is 3.48. The number of hydrogen-bond acceptors (Lipinski definition) is 3. The second-order valence-electron chi connectivity index (χ2n) is 4.77. The van der Waals surface area contributed by atoms with Crippen LogP contribution in [0.1, 0.15) is 6.92 Å². The van der Waals surface area contributed by atoms with E-state index in [2.05, 4.69) is 10.5 Å². The number of nitrogens with two attached hydrogens (primary N) is 1. The molecule has 4 N–H and O–H groups in total. The van der Waals surface area contributed by atoms with E-state index in [1.807, 2.05) is 42.5 Å². The average Bonchev–Trinajstić information content (AvgIpc) is 2.53. The molecule has 2 rings (SSSR count). The molecule has 0 aliphatic carbocycles. The number of carbonyl (C=O) groups excluding carboxylic acids is 1. The van der Waals surface area contributed by atoms with Crippen LogP contribution in [-0.2, 0) is 0 Å². The van der Waals surface area contributed by atoms with Crippen LogP contribution in [0.2, 0.25) is 0 Å². The minimum absolute atomic E-state index is 0.0226. The predicted molar refractivity (Wildman–Crippen MR) is 83.6 cm³/mol. The zero-order chi connectivity index (χ0) is 15.4. The summed E-state index contributed by atoms with van der Waals surface area (Å²) in [5, 5.41) is 16.4. The molecule has 1 unspecified atom stereocenters. The molecule has 0 aromatic heterocycles. The van der Waals surface area contributed by atoms with Gasteiger partial charge in [0.1, 0.15) is 0 Å². The Morgan fingerprint density at radius 1 is 1.29 bits per heavy atom. The van der Waals surface area contributed by atoms with Crippen LogP contribution in [-0.4, -0.2) is 35.1 Å². The first kappa shape index (κ1) is 14.6. The van der Waals surface area contributed by atoms with Crippen molar-refractivity contribution in [2.45, 2.75) is 13.0 Å². The molecule has 0 aliphatic heterocycles. The lowest BCUT2D eigenvalue weighted by Crippen LogP contribution is -2.45. The van der Waals surface area contributed by atoms with Crippen molar-refractivity contribution in [3.05, 3.63) is 42.5 Å². The molecular formula is C15H18N4O2. The first-order valence-electron chi connectivity index (χ1n) is 6.53. The van der Waals surface area contributed by atoms with Gasteiger partial charge < -0.3 is 21.2 Å². The molecule has 2 aromatic rings. The Kier molecular flexibility index (Phi) is 4.27. The Labute approximate surface area is 122 Å². The molecule has 6 nitrogen and oxygen atoms in total. The van der Waals surface area contributed by atoms with Gasteiger partial charge in [-0.2, -0.15) is 0 Å². The number of likely N-dealkylation sites (N-methyl/N-ethyl adjacent to an activating group) is 1. The third kappa shape index (κ3) is 3.05. The summed E-state index contributed by atoms with van der Waals surface area (Å²) in [6, 6.07) is 12.6. The zero-order valence-electron chi connectivity index (χ0n) is 11.9. The number of hydrogen-bond donors (Lipinski definition) is 3. The van der Waals surface area contributed by atoms with Crippen molar-refractivity contribution in [3.63, 3.8) is 0 Å². The second kappa shape index (κ2) is 6.13. The molecule has 0 saturated carbocycles. The molecule has 21 heavy (non-hydrogen) atoms. The van der Waals surface area contributed by atoms with Gasteiger partial charge in [-0.25, -0.2) is 4.79 Å². The van der Waals surface area contributed by atoms with E-state index < -0.39 is 6.04 Å². The lowest BCUT2D eigenvalue weighted by atomic mass is 10.1. The third-order valence-electron chi connectivity index (χ3n) is 3.48. The van der Waals surface area contributed by atoms with Crippen LogP contribution in [0.5, 0.6) is 0 Å². The van der Waals surface area contributed by atoms with Crippen molar-refractivity contribution in [1.82, 2.24) is 4.90 Å². The fraction of sp³-hybridized carbons (Fsp3) is 0.200. The van der Waals surface area contributed by atoms with E-state index in [1.165, 1.54) is 4.90 Å². The zero-order valence-corrected chi connectivity index (χ0v) is 11.9. The fourth-order valence-electron chi connectivity index (χ4n) is 2.00. The molecule has 1 atom stereocenters. The number of nitrogens with zero attached hydrogens (tertiary/aromatic N) is 2. The average molecular weight is 286 g/mol. The Hall–Kier alpha value is -2.76. The summed E-state index contributed by atoms with van der Waals surface area (Å²) in [6.45, 7) is 1.68. The van der Waals surface area contributed by atoms with Crippen molar-refractivity contribution in [1.29, 1.82) is 0 Å².